The first-order valence-electron chi connectivity index (χ1n) is 10.4. The van der Waals surface area contributed by atoms with Crippen LogP contribution in [0.5, 0.6) is 5.75 Å². The van der Waals surface area contributed by atoms with E-state index in [1.165, 1.54) is 12.7 Å². The van der Waals surface area contributed by atoms with Crippen molar-refractivity contribution in [3.8, 4) is 5.75 Å². The van der Waals surface area contributed by atoms with Crippen LogP contribution >= 0.6 is 12.2 Å². The van der Waals surface area contributed by atoms with E-state index in [4.69, 9.17) is 17.0 Å². The molecule has 0 saturated carbocycles. The van der Waals surface area contributed by atoms with Crippen molar-refractivity contribution in [3.05, 3.63) is 89.5 Å². The van der Waals surface area contributed by atoms with Gasteiger partial charge in [0, 0.05) is 16.9 Å². The predicted molar refractivity (Wildman–Crippen MR) is 136 cm³/mol. The molecule has 3 aromatic carbocycles. The van der Waals surface area contributed by atoms with Crippen LogP contribution in [0.3, 0.4) is 0 Å². The summed E-state index contributed by atoms with van der Waals surface area (Å²) in [6.45, 7) is 6.40. The number of methoxy groups -OCH3 is 1. The van der Waals surface area contributed by atoms with Gasteiger partial charge in [0.2, 0.25) is 0 Å². The van der Waals surface area contributed by atoms with Gasteiger partial charge in [-0.25, -0.2) is 0 Å². The van der Waals surface area contributed by atoms with E-state index in [1.54, 1.807) is 48.5 Å². The molecule has 0 atom stereocenters. The normalized spacial score (nSPS) is 10.8. The summed E-state index contributed by atoms with van der Waals surface area (Å²) >= 11 is 5.24. The number of nitrogens with one attached hydrogen (secondary N) is 3. The van der Waals surface area contributed by atoms with Gasteiger partial charge in [-0.3, -0.25) is 14.9 Å². The number of carbonyl (C=O) groups excluding carboxylic acids is 2. The van der Waals surface area contributed by atoms with Gasteiger partial charge in [0.15, 0.2) is 5.11 Å². The molecule has 0 aliphatic heterocycles. The van der Waals surface area contributed by atoms with Gasteiger partial charge in [-0.1, -0.05) is 45.0 Å². The third kappa shape index (κ3) is 6.40. The number of benzene rings is 3. The number of ether oxygens (including phenoxy) is 1. The highest BCUT2D eigenvalue weighted by Gasteiger charge is 2.15. The number of hydrogen-bond acceptors (Lipinski definition) is 4. The van der Waals surface area contributed by atoms with Crippen LogP contribution in [0.4, 0.5) is 11.4 Å². The Hall–Kier alpha value is -3.71. The number of hydrogen-bond donors (Lipinski definition) is 3. The third-order valence-corrected chi connectivity index (χ3v) is 5.20. The molecule has 2 amide bonds. The lowest BCUT2D eigenvalue weighted by atomic mass is 9.87. The van der Waals surface area contributed by atoms with Crippen molar-refractivity contribution in [2.45, 2.75) is 26.2 Å². The summed E-state index contributed by atoms with van der Waals surface area (Å²) in [5.41, 5.74) is 3.50. The molecule has 170 valence electrons. The molecule has 7 heteroatoms. The van der Waals surface area contributed by atoms with E-state index in [0.29, 0.717) is 28.3 Å². The van der Waals surface area contributed by atoms with E-state index >= 15 is 0 Å². The Morgan fingerprint density at radius 3 is 1.94 bits per heavy atom. The van der Waals surface area contributed by atoms with Gasteiger partial charge >= 0.3 is 0 Å². The largest absolute Gasteiger partial charge is 0.496 e. The first-order valence-corrected chi connectivity index (χ1v) is 10.9. The molecule has 6 nitrogen and oxygen atoms in total. The van der Waals surface area contributed by atoms with Gasteiger partial charge in [0.25, 0.3) is 11.8 Å². The Balaban J connectivity index is 1.57. The summed E-state index contributed by atoms with van der Waals surface area (Å²) in [6.07, 6.45) is 0. The summed E-state index contributed by atoms with van der Waals surface area (Å²) in [6, 6.07) is 21.5. The minimum atomic E-state index is -0.369. The highest BCUT2D eigenvalue weighted by molar-refractivity contribution is 7.80. The van der Waals surface area contributed by atoms with Crippen molar-refractivity contribution in [1.82, 2.24) is 5.32 Å². The van der Waals surface area contributed by atoms with Crippen molar-refractivity contribution >= 4 is 40.5 Å². The fourth-order valence-corrected chi connectivity index (χ4v) is 3.34. The van der Waals surface area contributed by atoms with E-state index < -0.39 is 0 Å². The lowest BCUT2D eigenvalue weighted by molar-refractivity contribution is 0.0973. The number of thiocarbonyl (C=S) groups is 1. The zero-order valence-electron chi connectivity index (χ0n) is 19.1. The van der Waals surface area contributed by atoms with Crippen molar-refractivity contribution in [3.63, 3.8) is 0 Å². The Kier molecular flexibility index (Phi) is 7.45. The number of amides is 2. The first-order chi connectivity index (χ1) is 15.7. The van der Waals surface area contributed by atoms with Gasteiger partial charge < -0.3 is 15.4 Å². The zero-order chi connectivity index (χ0) is 24.0. The molecule has 0 aliphatic rings. The van der Waals surface area contributed by atoms with Crippen LogP contribution in [-0.2, 0) is 5.41 Å². The molecule has 0 saturated heterocycles. The van der Waals surface area contributed by atoms with Crippen LogP contribution in [0.2, 0.25) is 0 Å². The molecule has 3 N–H and O–H groups in total. The highest BCUT2D eigenvalue weighted by Crippen LogP contribution is 2.23. The summed E-state index contributed by atoms with van der Waals surface area (Å²) in [4.78, 5) is 25.0. The summed E-state index contributed by atoms with van der Waals surface area (Å²) < 4.78 is 5.20. The standard InChI is InChI=1S/C26H27N3O3S/c1-26(2,3)18-11-9-17(10-12-18)23(30)27-19-13-15-20(16-14-19)28-25(33)29-24(31)21-7-5-6-8-22(21)32-4/h5-16H,1-4H3,(H,27,30)(H2,28,29,31,33). The van der Waals surface area contributed by atoms with E-state index in [0.717, 1.165) is 0 Å². The average Bonchev–Trinajstić information content (AvgIpc) is 2.79. The van der Waals surface area contributed by atoms with E-state index in [9.17, 15) is 9.59 Å². The maximum Gasteiger partial charge on any atom is 0.261 e. The molecular formula is C26H27N3O3S. The van der Waals surface area contributed by atoms with Crippen LogP contribution in [0.1, 0.15) is 47.1 Å². The Morgan fingerprint density at radius 1 is 0.788 bits per heavy atom. The maximum absolute atomic E-state index is 12.5. The second kappa shape index (κ2) is 10.3. The number of anilines is 2. The van der Waals surface area contributed by atoms with Gasteiger partial charge in [-0.2, -0.15) is 0 Å². The van der Waals surface area contributed by atoms with Crippen LogP contribution in [0.25, 0.3) is 0 Å². The summed E-state index contributed by atoms with van der Waals surface area (Å²) in [7, 11) is 1.50. The zero-order valence-corrected chi connectivity index (χ0v) is 19.9. The molecule has 3 aromatic rings. The summed E-state index contributed by atoms with van der Waals surface area (Å²) in [5.74, 6) is -0.0898. The number of para-hydroxylation sites is 1. The fraction of sp³-hybridized carbons (Fsp3) is 0.192. The van der Waals surface area contributed by atoms with E-state index in [1.807, 2.05) is 24.3 Å². The smallest absolute Gasteiger partial charge is 0.261 e. The van der Waals surface area contributed by atoms with Crippen molar-refractivity contribution in [1.29, 1.82) is 0 Å². The predicted octanol–water partition coefficient (Wildman–Crippen LogP) is 5.37. The third-order valence-electron chi connectivity index (χ3n) is 4.99. The maximum atomic E-state index is 12.5. The first kappa shape index (κ1) is 23.9. The van der Waals surface area contributed by atoms with Crippen LogP contribution in [0, 0.1) is 0 Å². The number of rotatable bonds is 5. The summed E-state index contributed by atoms with van der Waals surface area (Å²) in [5, 5.41) is 8.63. The fourth-order valence-electron chi connectivity index (χ4n) is 3.13. The molecule has 33 heavy (non-hydrogen) atoms. The topological polar surface area (TPSA) is 79.5 Å². The monoisotopic (exact) mass is 461 g/mol. The SMILES string of the molecule is COc1ccccc1C(=O)NC(=S)Nc1ccc(NC(=O)c2ccc(C(C)(C)C)cc2)cc1. The lowest BCUT2D eigenvalue weighted by Crippen LogP contribution is -2.34. The molecule has 0 heterocycles. The molecule has 3 rings (SSSR count). The average molecular weight is 462 g/mol. The van der Waals surface area contributed by atoms with Gasteiger partial charge in [-0.05, 0) is 71.7 Å². The molecule has 0 unspecified atom stereocenters. The molecule has 0 aliphatic carbocycles. The quantitative estimate of drug-likeness (QED) is 0.445. The van der Waals surface area contributed by atoms with Crippen molar-refractivity contribution in [2.24, 2.45) is 0 Å². The highest BCUT2D eigenvalue weighted by atomic mass is 32.1. The molecule has 0 fully saturated rings. The van der Waals surface area contributed by atoms with Gasteiger partial charge in [0.1, 0.15) is 5.75 Å². The van der Waals surface area contributed by atoms with E-state index in [2.05, 4.69) is 36.7 Å². The van der Waals surface area contributed by atoms with Crippen molar-refractivity contribution < 1.29 is 14.3 Å². The Labute approximate surface area is 199 Å². The van der Waals surface area contributed by atoms with Crippen LogP contribution < -0.4 is 20.7 Å². The molecule has 0 spiro atoms. The van der Waals surface area contributed by atoms with Gasteiger partial charge in [0.05, 0.1) is 12.7 Å². The second-order valence-electron chi connectivity index (χ2n) is 8.47. The van der Waals surface area contributed by atoms with E-state index in [-0.39, 0.29) is 22.3 Å². The molecule has 0 aromatic heterocycles. The lowest BCUT2D eigenvalue weighted by Gasteiger charge is -2.19. The minimum Gasteiger partial charge on any atom is -0.496 e. The van der Waals surface area contributed by atoms with Gasteiger partial charge in [-0.15, -0.1) is 0 Å². The Morgan fingerprint density at radius 2 is 1.36 bits per heavy atom. The molecule has 0 bridgehead atoms. The van der Waals surface area contributed by atoms with Crippen LogP contribution in [-0.4, -0.2) is 24.0 Å². The van der Waals surface area contributed by atoms with Crippen LogP contribution in [0.15, 0.2) is 72.8 Å². The minimum absolute atomic E-state index is 0.0328. The molecular weight excluding hydrogens is 434 g/mol. The Bertz CT molecular complexity index is 1150. The van der Waals surface area contributed by atoms with Crippen molar-refractivity contribution in [2.75, 3.05) is 17.7 Å². The second-order valence-corrected chi connectivity index (χ2v) is 8.88. The number of carbonyl (C=O) groups is 2. The molecule has 0 radical (unpaired) electrons.